The lowest BCUT2D eigenvalue weighted by Gasteiger charge is -2.07. The van der Waals surface area contributed by atoms with Crippen LogP contribution in [0.25, 0.3) is 0 Å². The van der Waals surface area contributed by atoms with Crippen LogP contribution in [-0.2, 0) is 15.6 Å². The van der Waals surface area contributed by atoms with Crippen molar-refractivity contribution in [3.8, 4) is 0 Å². The molecule has 0 aliphatic carbocycles. The van der Waals surface area contributed by atoms with Gasteiger partial charge in [-0.3, -0.25) is 9.00 Å². The fourth-order valence-electron chi connectivity index (χ4n) is 1.90. The average molecular weight is 339 g/mol. The maximum absolute atomic E-state index is 11.8. The first-order valence-corrected chi connectivity index (χ1v) is 9.71. The number of carboxylic acids is 1. The van der Waals surface area contributed by atoms with Gasteiger partial charge in [-0.15, -0.1) is 0 Å². The Morgan fingerprint density at radius 1 is 0.913 bits per heavy atom. The van der Waals surface area contributed by atoms with E-state index in [0.29, 0.717) is 18.6 Å². The Kier molecular flexibility index (Phi) is 14.5. The molecule has 0 spiro atoms. The minimum atomic E-state index is -1.29. The molecule has 0 radical (unpaired) electrons. The molecule has 2 atom stereocenters. The van der Waals surface area contributed by atoms with Crippen molar-refractivity contribution in [3.05, 3.63) is 48.6 Å². The lowest BCUT2D eigenvalue weighted by molar-refractivity contribution is -0.136. The summed E-state index contributed by atoms with van der Waals surface area (Å²) in [4.78, 5) is 10.9. The van der Waals surface area contributed by atoms with Crippen LogP contribution < -0.4 is 0 Å². The summed E-state index contributed by atoms with van der Waals surface area (Å²) in [5.41, 5.74) is 0. The zero-order chi connectivity index (χ0) is 17.3. The molecule has 0 heterocycles. The van der Waals surface area contributed by atoms with E-state index in [2.05, 4.69) is 43.4 Å². The van der Waals surface area contributed by atoms with E-state index in [1.54, 1.807) is 6.92 Å². The van der Waals surface area contributed by atoms with Crippen LogP contribution >= 0.6 is 0 Å². The molecular weight excluding hydrogens is 308 g/mol. The van der Waals surface area contributed by atoms with E-state index in [1.165, 1.54) is 0 Å². The van der Waals surface area contributed by atoms with E-state index >= 15 is 0 Å². The van der Waals surface area contributed by atoms with Gasteiger partial charge in [-0.05, 0) is 38.5 Å². The van der Waals surface area contributed by atoms with Crippen LogP contribution in [0, 0.1) is 0 Å². The molecule has 1 N–H and O–H groups in total. The van der Waals surface area contributed by atoms with E-state index in [-0.39, 0.29) is 0 Å². The lowest BCUT2D eigenvalue weighted by Crippen LogP contribution is -2.26. The first-order chi connectivity index (χ1) is 11.1. The summed E-state index contributed by atoms with van der Waals surface area (Å²) in [6, 6.07) is 0. The Bertz CT molecular complexity index is 448. The second-order valence-corrected chi connectivity index (χ2v) is 6.85. The standard InChI is InChI=1S/C19H30O3S/c1-3-5-6-7-8-9-10-11-12-13-14-15-16-17-23(22)18(4-2)19(20)21/h5-6,8-9,11-12,14-15,18H,3-4,7,10,13,16-17H2,1-2H3,(H,20,21)/b6-5?,9-8?,12-11?,15-14-. The van der Waals surface area contributed by atoms with Crippen molar-refractivity contribution >= 4 is 16.8 Å². The average Bonchev–Trinajstić information content (AvgIpc) is 2.52. The molecule has 0 aromatic rings. The van der Waals surface area contributed by atoms with E-state index in [4.69, 9.17) is 5.11 Å². The molecular formula is C19H30O3S. The van der Waals surface area contributed by atoms with Crippen molar-refractivity contribution in [2.24, 2.45) is 0 Å². The number of hydrogen-bond acceptors (Lipinski definition) is 2. The third-order valence-electron chi connectivity index (χ3n) is 3.17. The quantitative estimate of drug-likeness (QED) is 0.491. The zero-order valence-electron chi connectivity index (χ0n) is 14.3. The van der Waals surface area contributed by atoms with Crippen LogP contribution in [-0.4, -0.2) is 26.3 Å². The molecule has 4 heteroatoms. The van der Waals surface area contributed by atoms with E-state index in [1.807, 2.05) is 12.2 Å². The predicted molar refractivity (Wildman–Crippen MR) is 100 cm³/mol. The van der Waals surface area contributed by atoms with Crippen molar-refractivity contribution in [3.63, 3.8) is 0 Å². The van der Waals surface area contributed by atoms with Crippen molar-refractivity contribution < 1.29 is 14.1 Å². The number of rotatable bonds is 13. The SMILES string of the molecule is CCC=CCC=CCC=CC/C=C\CCS(=O)C(CC)C(=O)O. The molecule has 0 saturated carbocycles. The summed E-state index contributed by atoms with van der Waals surface area (Å²) in [5, 5.41) is 8.18. The summed E-state index contributed by atoms with van der Waals surface area (Å²) < 4.78 is 11.8. The molecule has 0 aliphatic rings. The maximum atomic E-state index is 11.8. The highest BCUT2D eigenvalue weighted by Gasteiger charge is 2.21. The van der Waals surface area contributed by atoms with Gasteiger partial charge in [-0.25, -0.2) is 0 Å². The molecule has 0 aromatic carbocycles. The monoisotopic (exact) mass is 338 g/mol. The van der Waals surface area contributed by atoms with Gasteiger partial charge < -0.3 is 5.11 Å². The van der Waals surface area contributed by atoms with Gasteiger partial charge in [0.1, 0.15) is 5.25 Å². The van der Waals surface area contributed by atoms with Gasteiger partial charge in [-0.2, -0.15) is 0 Å². The van der Waals surface area contributed by atoms with Gasteiger partial charge in [0.2, 0.25) is 0 Å². The third-order valence-corrected chi connectivity index (χ3v) is 4.98. The fraction of sp³-hybridized carbons (Fsp3) is 0.526. The van der Waals surface area contributed by atoms with Crippen LogP contribution in [0.1, 0.15) is 52.4 Å². The Morgan fingerprint density at radius 2 is 1.39 bits per heavy atom. The number of hydrogen-bond donors (Lipinski definition) is 1. The van der Waals surface area contributed by atoms with Gasteiger partial charge in [0, 0.05) is 16.6 Å². The molecule has 0 rings (SSSR count). The van der Waals surface area contributed by atoms with Gasteiger partial charge in [0.05, 0.1) is 0 Å². The summed E-state index contributed by atoms with van der Waals surface area (Å²) in [7, 11) is -1.29. The predicted octanol–water partition coefficient (Wildman–Crippen LogP) is 4.79. The highest BCUT2D eigenvalue weighted by Crippen LogP contribution is 2.05. The van der Waals surface area contributed by atoms with Crippen LogP contribution in [0.15, 0.2) is 48.6 Å². The molecule has 3 nitrogen and oxygen atoms in total. The van der Waals surface area contributed by atoms with E-state index in [0.717, 1.165) is 25.7 Å². The molecule has 0 bridgehead atoms. The topological polar surface area (TPSA) is 54.4 Å². The number of allylic oxidation sites excluding steroid dienone is 8. The molecule has 0 fully saturated rings. The summed E-state index contributed by atoms with van der Waals surface area (Å²) in [5.74, 6) is -0.546. The number of carbonyl (C=O) groups is 1. The molecule has 0 aromatic heterocycles. The largest absolute Gasteiger partial charge is 0.480 e. The van der Waals surface area contributed by atoms with Gasteiger partial charge >= 0.3 is 5.97 Å². The first kappa shape index (κ1) is 21.6. The van der Waals surface area contributed by atoms with Crippen molar-refractivity contribution in [1.82, 2.24) is 0 Å². The van der Waals surface area contributed by atoms with Crippen molar-refractivity contribution in [2.75, 3.05) is 5.75 Å². The third kappa shape index (κ3) is 12.8. The highest BCUT2D eigenvalue weighted by atomic mass is 32.2. The minimum absolute atomic E-state index is 0.413. The van der Waals surface area contributed by atoms with Gasteiger partial charge in [-0.1, -0.05) is 62.5 Å². The Morgan fingerprint density at radius 3 is 1.83 bits per heavy atom. The Hall–Kier alpha value is -1.42. The fourth-order valence-corrected chi connectivity index (χ4v) is 3.15. The lowest BCUT2D eigenvalue weighted by atomic mass is 10.2. The van der Waals surface area contributed by atoms with Crippen LogP contribution in [0.4, 0.5) is 0 Å². The van der Waals surface area contributed by atoms with Crippen LogP contribution in [0.5, 0.6) is 0 Å². The smallest absolute Gasteiger partial charge is 0.319 e. The summed E-state index contributed by atoms with van der Waals surface area (Å²) in [6.07, 6.45) is 21.8. The van der Waals surface area contributed by atoms with E-state index < -0.39 is 22.0 Å². The van der Waals surface area contributed by atoms with Crippen molar-refractivity contribution in [1.29, 1.82) is 0 Å². The molecule has 2 unspecified atom stereocenters. The second kappa shape index (κ2) is 15.5. The maximum Gasteiger partial charge on any atom is 0.319 e. The van der Waals surface area contributed by atoms with Crippen LogP contribution in [0.3, 0.4) is 0 Å². The molecule has 23 heavy (non-hydrogen) atoms. The van der Waals surface area contributed by atoms with E-state index in [9.17, 15) is 9.00 Å². The summed E-state index contributed by atoms with van der Waals surface area (Å²) >= 11 is 0. The van der Waals surface area contributed by atoms with Gasteiger partial charge in [0.15, 0.2) is 0 Å². The number of aliphatic carboxylic acids is 1. The molecule has 130 valence electrons. The first-order valence-electron chi connectivity index (χ1n) is 8.33. The highest BCUT2D eigenvalue weighted by molar-refractivity contribution is 7.86. The number of carboxylic acid groups (broad SMARTS) is 1. The zero-order valence-corrected chi connectivity index (χ0v) is 15.1. The second-order valence-electron chi connectivity index (χ2n) is 5.11. The molecule has 0 aliphatic heterocycles. The normalized spacial score (nSPS) is 15.2. The van der Waals surface area contributed by atoms with Gasteiger partial charge in [0.25, 0.3) is 0 Å². The van der Waals surface area contributed by atoms with Crippen LogP contribution in [0.2, 0.25) is 0 Å². The summed E-state index contributed by atoms with van der Waals surface area (Å²) in [6.45, 7) is 3.88. The molecule has 0 saturated heterocycles. The Balaban J connectivity index is 3.75. The van der Waals surface area contributed by atoms with Crippen molar-refractivity contribution in [2.45, 2.75) is 57.6 Å². The minimum Gasteiger partial charge on any atom is -0.480 e. The molecule has 0 amide bonds. The Labute approximate surface area is 143 Å².